The van der Waals surface area contributed by atoms with E-state index in [0.717, 1.165) is 19.3 Å². The van der Waals surface area contributed by atoms with Crippen LogP contribution < -0.4 is 0 Å². The molecule has 0 spiro atoms. The first-order chi connectivity index (χ1) is 7.24. The van der Waals surface area contributed by atoms with Gasteiger partial charge in [-0.25, -0.2) is 0 Å². The Kier molecular flexibility index (Phi) is 3.08. The number of hydrogen-bond acceptors (Lipinski definition) is 3. The molecule has 15 heavy (non-hydrogen) atoms. The summed E-state index contributed by atoms with van der Waals surface area (Å²) in [5.41, 5.74) is 0. The quantitative estimate of drug-likeness (QED) is 0.490. The molecule has 2 aliphatic rings. The van der Waals surface area contributed by atoms with Gasteiger partial charge in [-0.2, -0.15) is 0 Å². The molecular formula is C12H18O3. The molecule has 0 radical (unpaired) electrons. The highest BCUT2D eigenvalue weighted by Gasteiger charge is 2.43. The number of ether oxygens (including phenoxy) is 1. The molecule has 1 unspecified atom stereocenters. The second-order valence-corrected chi connectivity index (χ2v) is 4.71. The molecule has 3 atom stereocenters. The first kappa shape index (κ1) is 10.7. The van der Waals surface area contributed by atoms with Gasteiger partial charge in [0.15, 0.2) is 0 Å². The van der Waals surface area contributed by atoms with Gasteiger partial charge in [0.25, 0.3) is 0 Å². The van der Waals surface area contributed by atoms with Crippen molar-refractivity contribution in [3.8, 4) is 0 Å². The summed E-state index contributed by atoms with van der Waals surface area (Å²) in [6.45, 7) is 0. The number of esters is 1. The van der Waals surface area contributed by atoms with E-state index in [1.165, 1.54) is 20.0 Å². The van der Waals surface area contributed by atoms with Gasteiger partial charge in [-0.15, -0.1) is 0 Å². The van der Waals surface area contributed by atoms with Crippen LogP contribution in [0.25, 0.3) is 0 Å². The van der Waals surface area contributed by atoms with Crippen LogP contribution in [0.15, 0.2) is 0 Å². The van der Waals surface area contributed by atoms with Crippen molar-refractivity contribution in [1.82, 2.24) is 0 Å². The molecule has 2 fully saturated rings. The van der Waals surface area contributed by atoms with E-state index in [1.54, 1.807) is 0 Å². The number of carbonyl (C=O) groups is 2. The number of Topliss-reactive ketones (excluding diaryl/α,β-unsaturated/α-hetero) is 1. The van der Waals surface area contributed by atoms with Gasteiger partial charge in [0.1, 0.15) is 11.7 Å². The minimum absolute atomic E-state index is 0.102. The summed E-state index contributed by atoms with van der Waals surface area (Å²) in [5, 5.41) is 0. The Hall–Kier alpha value is -0.860. The van der Waals surface area contributed by atoms with Gasteiger partial charge < -0.3 is 4.74 Å². The largest absolute Gasteiger partial charge is 0.468 e. The van der Waals surface area contributed by atoms with Crippen LogP contribution in [0.2, 0.25) is 0 Å². The van der Waals surface area contributed by atoms with E-state index < -0.39 is 5.92 Å². The zero-order valence-electron chi connectivity index (χ0n) is 9.20. The number of methoxy groups -OCH3 is 1. The molecule has 2 aliphatic carbocycles. The molecule has 0 bridgehead atoms. The molecule has 0 aromatic heterocycles. The Balaban J connectivity index is 2.16. The van der Waals surface area contributed by atoms with E-state index in [9.17, 15) is 9.59 Å². The second kappa shape index (κ2) is 4.33. The monoisotopic (exact) mass is 210 g/mol. The van der Waals surface area contributed by atoms with E-state index in [-0.39, 0.29) is 17.7 Å². The maximum Gasteiger partial charge on any atom is 0.316 e. The number of hydrogen-bond donors (Lipinski definition) is 0. The Morgan fingerprint density at radius 3 is 2.73 bits per heavy atom. The van der Waals surface area contributed by atoms with Crippen molar-refractivity contribution in [3.05, 3.63) is 0 Å². The topological polar surface area (TPSA) is 43.4 Å². The predicted octanol–water partition coefficient (Wildman–Crippen LogP) is 1.94. The molecular weight excluding hydrogens is 192 g/mol. The highest BCUT2D eigenvalue weighted by Crippen LogP contribution is 2.42. The summed E-state index contributed by atoms with van der Waals surface area (Å²) >= 11 is 0. The fourth-order valence-corrected chi connectivity index (χ4v) is 3.19. The summed E-state index contributed by atoms with van der Waals surface area (Å²) in [7, 11) is 1.38. The lowest BCUT2D eigenvalue weighted by Crippen LogP contribution is -2.41. The Labute approximate surface area is 90.2 Å². The summed E-state index contributed by atoms with van der Waals surface area (Å²) < 4.78 is 4.75. The zero-order valence-corrected chi connectivity index (χ0v) is 9.20. The van der Waals surface area contributed by atoms with Crippen LogP contribution in [0.3, 0.4) is 0 Å². The third kappa shape index (κ3) is 1.92. The number of carbonyl (C=O) groups excluding carboxylic acids is 2. The zero-order chi connectivity index (χ0) is 10.8. The van der Waals surface area contributed by atoms with Gasteiger partial charge >= 0.3 is 5.97 Å². The second-order valence-electron chi connectivity index (χ2n) is 4.71. The summed E-state index contributed by atoms with van der Waals surface area (Å²) in [6, 6.07) is 0. The molecule has 84 valence electrons. The Bertz CT molecular complexity index is 264. The molecule has 0 aromatic rings. The molecule has 0 heterocycles. The van der Waals surface area contributed by atoms with E-state index in [4.69, 9.17) is 4.74 Å². The first-order valence-corrected chi connectivity index (χ1v) is 5.84. The maximum atomic E-state index is 11.7. The Morgan fingerprint density at radius 2 is 2.00 bits per heavy atom. The van der Waals surface area contributed by atoms with Gasteiger partial charge in [0.2, 0.25) is 0 Å². The minimum atomic E-state index is -0.450. The van der Waals surface area contributed by atoms with E-state index >= 15 is 0 Å². The Morgan fingerprint density at radius 1 is 1.27 bits per heavy atom. The number of ketones is 1. The van der Waals surface area contributed by atoms with Crippen LogP contribution >= 0.6 is 0 Å². The molecule has 0 saturated heterocycles. The molecule has 0 amide bonds. The summed E-state index contributed by atoms with van der Waals surface area (Å²) in [5.74, 6) is 0.198. The van der Waals surface area contributed by atoms with Gasteiger partial charge in [-0.1, -0.05) is 19.3 Å². The van der Waals surface area contributed by atoms with Crippen molar-refractivity contribution < 1.29 is 14.3 Å². The minimum Gasteiger partial charge on any atom is -0.468 e. The lowest BCUT2D eigenvalue weighted by molar-refractivity contribution is -0.155. The van der Waals surface area contributed by atoms with Crippen molar-refractivity contribution in [3.63, 3.8) is 0 Å². The molecule has 0 aromatic carbocycles. The summed E-state index contributed by atoms with van der Waals surface area (Å²) in [4.78, 5) is 23.3. The van der Waals surface area contributed by atoms with E-state index in [2.05, 4.69) is 0 Å². The predicted molar refractivity (Wildman–Crippen MR) is 55.2 cm³/mol. The average Bonchev–Trinajstić information content (AvgIpc) is 2.28. The van der Waals surface area contributed by atoms with Gasteiger partial charge in [0, 0.05) is 6.42 Å². The molecule has 0 N–H and O–H groups in total. The lowest BCUT2D eigenvalue weighted by Gasteiger charge is -2.38. The molecule has 3 nitrogen and oxygen atoms in total. The van der Waals surface area contributed by atoms with Gasteiger partial charge in [-0.3, -0.25) is 9.59 Å². The SMILES string of the molecule is COC(=O)[C@@H]1C(=O)CCC2CCCC[C@H]21. The molecule has 2 rings (SSSR count). The van der Waals surface area contributed by atoms with Crippen molar-refractivity contribution in [2.45, 2.75) is 38.5 Å². The van der Waals surface area contributed by atoms with Gasteiger partial charge in [-0.05, 0) is 24.7 Å². The lowest BCUT2D eigenvalue weighted by atomic mass is 9.65. The van der Waals surface area contributed by atoms with Crippen LogP contribution in [-0.4, -0.2) is 18.9 Å². The standard InChI is InChI=1S/C12H18O3/c1-15-12(14)11-9-5-3-2-4-8(9)6-7-10(11)13/h8-9,11H,2-7H2,1H3/t8?,9-,11+/m1/s1. The number of fused-ring (bicyclic) bond motifs is 1. The van der Waals surface area contributed by atoms with Crippen LogP contribution in [-0.2, 0) is 14.3 Å². The van der Waals surface area contributed by atoms with Crippen LogP contribution in [0, 0.1) is 17.8 Å². The van der Waals surface area contributed by atoms with Crippen LogP contribution in [0.4, 0.5) is 0 Å². The molecule has 2 saturated carbocycles. The van der Waals surface area contributed by atoms with Crippen molar-refractivity contribution in [2.75, 3.05) is 7.11 Å². The fourth-order valence-electron chi connectivity index (χ4n) is 3.19. The summed E-state index contributed by atoms with van der Waals surface area (Å²) in [6.07, 6.45) is 6.17. The van der Waals surface area contributed by atoms with E-state index in [1.807, 2.05) is 0 Å². The number of rotatable bonds is 1. The van der Waals surface area contributed by atoms with Gasteiger partial charge in [0.05, 0.1) is 7.11 Å². The third-order valence-corrected chi connectivity index (χ3v) is 3.96. The molecule has 3 heteroatoms. The first-order valence-electron chi connectivity index (χ1n) is 5.84. The van der Waals surface area contributed by atoms with Crippen LogP contribution in [0.1, 0.15) is 38.5 Å². The van der Waals surface area contributed by atoms with E-state index in [0.29, 0.717) is 12.3 Å². The van der Waals surface area contributed by atoms with Crippen LogP contribution in [0.5, 0.6) is 0 Å². The van der Waals surface area contributed by atoms with Crippen molar-refractivity contribution in [1.29, 1.82) is 0 Å². The average molecular weight is 210 g/mol. The smallest absolute Gasteiger partial charge is 0.316 e. The van der Waals surface area contributed by atoms with Crippen molar-refractivity contribution >= 4 is 11.8 Å². The highest BCUT2D eigenvalue weighted by molar-refractivity contribution is 5.99. The normalized spacial score (nSPS) is 35.8. The fraction of sp³-hybridized carbons (Fsp3) is 0.833. The highest BCUT2D eigenvalue weighted by atomic mass is 16.5. The third-order valence-electron chi connectivity index (χ3n) is 3.96. The molecule has 0 aliphatic heterocycles. The van der Waals surface area contributed by atoms with Crippen molar-refractivity contribution in [2.24, 2.45) is 17.8 Å². The maximum absolute atomic E-state index is 11.7.